The Bertz CT molecular complexity index is 878. The van der Waals surface area contributed by atoms with Gasteiger partial charge in [0.2, 0.25) is 0 Å². The molecule has 1 unspecified atom stereocenters. The average Bonchev–Trinajstić information content (AvgIpc) is 2.65. The maximum atomic E-state index is 13.0. The number of ether oxygens (including phenoxy) is 2. The van der Waals surface area contributed by atoms with Crippen molar-refractivity contribution in [2.75, 3.05) is 18.5 Å². The summed E-state index contributed by atoms with van der Waals surface area (Å²) in [5, 5.41) is 3.54. The fourth-order valence-corrected chi connectivity index (χ4v) is 3.97. The van der Waals surface area contributed by atoms with E-state index in [2.05, 4.69) is 49.5 Å². The molecule has 0 bridgehead atoms. The minimum atomic E-state index is -0.765. The molecule has 4 nitrogen and oxygen atoms in total. The molecule has 1 atom stereocenters. The number of hydrogen-bond donors (Lipinski definition) is 1. The third kappa shape index (κ3) is 4.81. The molecule has 0 radical (unpaired) electrons. The molecule has 0 spiro atoms. The highest BCUT2D eigenvalue weighted by atomic mass is 16.6. The molecule has 0 amide bonds. The number of carbonyl (C=O) groups is 1. The lowest BCUT2D eigenvalue weighted by Crippen LogP contribution is -2.30. The molecule has 1 aliphatic heterocycles. The lowest BCUT2D eigenvalue weighted by molar-refractivity contribution is -0.166. The van der Waals surface area contributed by atoms with Crippen molar-refractivity contribution in [1.82, 2.24) is 0 Å². The Hall–Kier alpha value is -2.33. The molecule has 0 fully saturated rings. The SMILES string of the molecule is CCOC(=O)C(OC(C)(C)C)c1c(C)cc2c(c1-c1ccc(C)cc1)CCCN2. The van der Waals surface area contributed by atoms with Gasteiger partial charge in [0.25, 0.3) is 0 Å². The van der Waals surface area contributed by atoms with E-state index in [4.69, 9.17) is 9.47 Å². The van der Waals surface area contributed by atoms with Crippen LogP contribution in [0.1, 0.15) is 62.5 Å². The summed E-state index contributed by atoms with van der Waals surface area (Å²) in [5.74, 6) is -0.331. The monoisotopic (exact) mass is 395 g/mol. The van der Waals surface area contributed by atoms with E-state index in [1.165, 1.54) is 11.1 Å². The standard InChI is InChI=1S/C25H33NO3/c1-7-28-24(27)23(29-25(4,5)6)21-17(3)15-20-19(9-8-14-26-20)22(21)18-12-10-16(2)11-13-18/h10-13,15,23,26H,7-9,14H2,1-6H3. The molecule has 0 aromatic heterocycles. The quantitative estimate of drug-likeness (QED) is 0.655. The summed E-state index contributed by atoms with van der Waals surface area (Å²) in [4.78, 5) is 13.0. The van der Waals surface area contributed by atoms with Gasteiger partial charge in [-0.1, -0.05) is 29.8 Å². The Morgan fingerprint density at radius 3 is 2.48 bits per heavy atom. The number of esters is 1. The molecule has 1 heterocycles. The van der Waals surface area contributed by atoms with Gasteiger partial charge in [-0.25, -0.2) is 4.79 Å². The molecular weight excluding hydrogens is 362 g/mol. The zero-order chi connectivity index (χ0) is 21.2. The number of fused-ring (bicyclic) bond motifs is 1. The van der Waals surface area contributed by atoms with Crippen molar-refractivity contribution < 1.29 is 14.3 Å². The molecule has 0 aliphatic carbocycles. The van der Waals surface area contributed by atoms with Crippen molar-refractivity contribution in [3.8, 4) is 11.1 Å². The van der Waals surface area contributed by atoms with Crippen LogP contribution in [0, 0.1) is 13.8 Å². The van der Waals surface area contributed by atoms with E-state index in [0.717, 1.165) is 47.3 Å². The largest absolute Gasteiger partial charge is 0.464 e. The third-order valence-electron chi connectivity index (χ3n) is 5.18. The van der Waals surface area contributed by atoms with Gasteiger partial charge in [-0.2, -0.15) is 0 Å². The van der Waals surface area contributed by atoms with E-state index in [-0.39, 0.29) is 5.97 Å². The summed E-state index contributed by atoms with van der Waals surface area (Å²) in [6.45, 7) is 13.2. The number of aryl methyl sites for hydroxylation is 2. The Morgan fingerprint density at radius 1 is 1.17 bits per heavy atom. The molecular formula is C25H33NO3. The first-order chi connectivity index (χ1) is 13.7. The second-order valence-corrected chi connectivity index (χ2v) is 8.77. The van der Waals surface area contributed by atoms with Crippen LogP contribution in [0.5, 0.6) is 0 Å². The number of hydrogen-bond acceptors (Lipinski definition) is 4. The summed E-state index contributed by atoms with van der Waals surface area (Å²) in [7, 11) is 0. The van der Waals surface area contributed by atoms with Crippen molar-refractivity contribution in [1.29, 1.82) is 0 Å². The maximum absolute atomic E-state index is 13.0. The van der Waals surface area contributed by atoms with Gasteiger partial charge in [0.05, 0.1) is 12.2 Å². The first kappa shape index (κ1) is 21.4. The second kappa shape index (κ2) is 8.58. The van der Waals surface area contributed by atoms with Gasteiger partial charge in [0.1, 0.15) is 0 Å². The van der Waals surface area contributed by atoms with Gasteiger partial charge in [-0.3, -0.25) is 0 Å². The Labute approximate surface area is 174 Å². The topological polar surface area (TPSA) is 47.6 Å². The molecule has 2 aromatic rings. The fourth-order valence-electron chi connectivity index (χ4n) is 3.97. The lowest BCUT2D eigenvalue weighted by Gasteiger charge is -2.32. The lowest BCUT2D eigenvalue weighted by atomic mass is 9.84. The van der Waals surface area contributed by atoms with Gasteiger partial charge in [-0.05, 0) is 82.7 Å². The average molecular weight is 396 g/mol. The van der Waals surface area contributed by atoms with Crippen LogP contribution in [-0.2, 0) is 20.7 Å². The molecule has 0 saturated heterocycles. The van der Waals surface area contributed by atoms with E-state index in [1.807, 2.05) is 27.7 Å². The van der Waals surface area contributed by atoms with Crippen LogP contribution < -0.4 is 5.32 Å². The van der Waals surface area contributed by atoms with Gasteiger partial charge in [0.15, 0.2) is 6.10 Å². The van der Waals surface area contributed by atoms with Crippen LogP contribution in [0.4, 0.5) is 5.69 Å². The smallest absolute Gasteiger partial charge is 0.339 e. The Balaban J connectivity index is 2.27. The molecule has 2 aromatic carbocycles. The van der Waals surface area contributed by atoms with Crippen LogP contribution in [0.3, 0.4) is 0 Å². The van der Waals surface area contributed by atoms with Crippen LogP contribution in [0.25, 0.3) is 11.1 Å². The number of anilines is 1. The summed E-state index contributed by atoms with van der Waals surface area (Å²) in [6, 6.07) is 10.7. The highest BCUT2D eigenvalue weighted by Crippen LogP contribution is 2.42. The summed E-state index contributed by atoms with van der Waals surface area (Å²) in [6.07, 6.45) is 1.28. The first-order valence-electron chi connectivity index (χ1n) is 10.5. The third-order valence-corrected chi connectivity index (χ3v) is 5.18. The van der Waals surface area contributed by atoms with Crippen molar-refractivity contribution >= 4 is 11.7 Å². The molecule has 3 rings (SSSR count). The number of benzene rings is 2. The van der Waals surface area contributed by atoms with Crippen LogP contribution in [0.15, 0.2) is 30.3 Å². The summed E-state index contributed by atoms with van der Waals surface area (Å²) in [5.41, 5.74) is 7.32. The van der Waals surface area contributed by atoms with E-state index in [0.29, 0.717) is 6.61 Å². The van der Waals surface area contributed by atoms with E-state index >= 15 is 0 Å². The summed E-state index contributed by atoms with van der Waals surface area (Å²) < 4.78 is 11.7. The highest BCUT2D eigenvalue weighted by Gasteiger charge is 2.34. The Morgan fingerprint density at radius 2 is 1.86 bits per heavy atom. The van der Waals surface area contributed by atoms with Gasteiger partial charge >= 0.3 is 5.97 Å². The number of carbonyl (C=O) groups excluding carboxylic acids is 1. The minimum Gasteiger partial charge on any atom is -0.464 e. The van der Waals surface area contributed by atoms with Crippen LogP contribution >= 0.6 is 0 Å². The normalized spacial score (nSPS) is 14.7. The highest BCUT2D eigenvalue weighted by molar-refractivity contribution is 5.86. The van der Waals surface area contributed by atoms with Gasteiger partial charge in [0, 0.05) is 17.8 Å². The predicted octanol–water partition coefficient (Wildman–Crippen LogP) is 5.75. The zero-order valence-corrected chi connectivity index (χ0v) is 18.5. The zero-order valence-electron chi connectivity index (χ0n) is 18.5. The second-order valence-electron chi connectivity index (χ2n) is 8.77. The van der Waals surface area contributed by atoms with E-state index in [9.17, 15) is 4.79 Å². The molecule has 156 valence electrons. The maximum Gasteiger partial charge on any atom is 0.339 e. The van der Waals surface area contributed by atoms with Crippen molar-refractivity contribution in [2.24, 2.45) is 0 Å². The molecule has 4 heteroatoms. The van der Waals surface area contributed by atoms with Crippen LogP contribution in [-0.4, -0.2) is 24.7 Å². The van der Waals surface area contributed by atoms with Crippen molar-refractivity contribution in [3.63, 3.8) is 0 Å². The van der Waals surface area contributed by atoms with Crippen LogP contribution in [0.2, 0.25) is 0 Å². The van der Waals surface area contributed by atoms with Crippen molar-refractivity contribution in [3.05, 3.63) is 52.6 Å². The van der Waals surface area contributed by atoms with E-state index in [1.54, 1.807) is 0 Å². The summed E-state index contributed by atoms with van der Waals surface area (Å²) >= 11 is 0. The molecule has 1 N–H and O–H groups in total. The van der Waals surface area contributed by atoms with Gasteiger partial charge < -0.3 is 14.8 Å². The Kier molecular flexibility index (Phi) is 6.33. The molecule has 0 saturated carbocycles. The van der Waals surface area contributed by atoms with Crippen molar-refractivity contribution in [2.45, 2.75) is 66.1 Å². The molecule has 29 heavy (non-hydrogen) atoms. The molecule has 1 aliphatic rings. The number of rotatable bonds is 5. The number of nitrogens with one attached hydrogen (secondary N) is 1. The van der Waals surface area contributed by atoms with E-state index < -0.39 is 11.7 Å². The first-order valence-corrected chi connectivity index (χ1v) is 10.5. The fraction of sp³-hybridized carbons (Fsp3) is 0.480. The van der Waals surface area contributed by atoms with Gasteiger partial charge in [-0.15, -0.1) is 0 Å². The predicted molar refractivity (Wildman–Crippen MR) is 118 cm³/mol. The minimum absolute atomic E-state index is 0.328.